The van der Waals surface area contributed by atoms with E-state index >= 15 is 0 Å². The van der Waals surface area contributed by atoms with Crippen molar-refractivity contribution in [1.82, 2.24) is 0 Å². The molecule has 3 N–H and O–H groups in total. The van der Waals surface area contributed by atoms with Crippen molar-refractivity contribution in [2.24, 2.45) is 0 Å². The summed E-state index contributed by atoms with van der Waals surface area (Å²) in [5.41, 5.74) is 8.84. The van der Waals surface area contributed by atoms with Crippen LogP contribution in [0.4, 0.5) is 21.5 Å². The van der Waals surface area contributed by atoms with E-state index in [4.69, 9.17) is 10.5 Å². The molecule has 3 nitrogen and oxygen atoms in total. The smallest absolute Gasteiger partial charge is 0.167 e. The number of benzene rings is 2. The highest BCUT2D eigenvalue weighted by atomic mass is 19.1. The van der Waals surface area contributed by atoms with Crippen LogP contribution in [-0.4, -0.2) is 6.61 Å². The summed E-state index contributed by atoms with van der Waals surface area (Å²) in [4.78, 5) is 0. The summed E-state index contributed by atoms with van der Waals surface area (Å²) in [6.45, 7) is 4.21. The Morgan fingerprint density at radius 2 is 1.95 bits per heavy atom. The van der Waals surface area contributed by atoms with Gasteiger partial charge in [-0.15, -0.1) is 0 Å². The molecule has 2 aromatic rings. The van der Waals surface area contributed by atoms with Gasteiger partial charge in [0.05, 0.1) is 18.0 Å². The number of halogens is 1. The highest BCUT2D eigenvalue weighted by Crippen LogP contribution is 2.31. The van der Waals surface area contributed by atoms with Gasteiger partial charge < -0.3 is 15.8 Å². The maximum atomic E-state index is 13.6. The van der Waals surface area contributed by atoms with Crippen LogP contribution >= 0.6 is 0 Å². The number of nitrogens with two attached hydrogens (primary N) is 1. The van der Waals surface area contributed by atoms with Crippen molar-refractivity contribution in [3.63, 3.8) is 0 Å². The van der Waals surface area contributed by atoms with Gasteiger partial charge in [0.2, 0.25) is 0 Å². The Hall–Kier alpha value is -2.23. The Balaban J connectivity index is 2.34. The fraction of sp³-hybridized carbons (Fsp3) is 0.200. The van der Waals surface area contributed by atoms with Crippen molar-refractivity contribution < 1.29 is 9.13 Å². The van der Waals surface area contributed by atoms with Crippen LogP contribution in [0, 0.1) is 12.7 Å². The lowest BCUT2D eigenvalue weighted by molar-refractivity contribution is 0.322. The maximum absolute atomic E-state index is 13.6. The molecule has 0 aliphatic rings. The quantitative estimate of drug-likeness (QED) is 0.821. The molecule has 0 bridgehead atoms. The van der Waals surface area contributed by atoms with Crippen molar-refractivity contribution in [2.45, 2.75) is 13.8 Å². The average molecular weight is 260 g/mol. The summed E-state index contributed by atoms with van der Waals surface area (Å²) >= 11 is 0. The van der Waals surface area contributed by atoms with Gasteiger partial charge in [-0.05, 0) is 25.5 Å². The highest BCUT2D eigenvalue weighted by molar-refractivity contribution is 5.75. The van der Waals surface area contributed by atoms with E-state index in [1.54, 1.807) is 6.07 Å². The zero-order chi connectivity index (χ0) is 13.8. The number of aryl methyl sites for hydroxylation is 1. The van der Waals surface area contributed by atoms with Crippen molar-refractivity contribution in [2.75, 3.05) is 17.7 Å². The second kappa shape index (κ2) is 5.61. The molecule has 0 heterocycles. The molecule has 4 heteroatoms. The predicted molar refractivity (Wildman–Crippen MR) is 76.4 cm³/mol. The molecule has 0 unspecified atom stereocenters. The van der Waals surface area contributed by atoms with Gasteiger partial charge in [0.15, 0.2) is 11.6 Å². The van der Waals surface area contributed by atoms with Crippen LogP contribution in [-0.2, 0) is 0 Å². The first-order valence-electron chi connectivity index (χ1n) is 6.16. The van der Waals surface area contributed by atoms with Crippen LogP contribution in [0.1, 0.15) is 12.5 Å². The molecule has 0 saturated heterocycles. The Morgan fingerprint density at radius 3 is 2.63 bits per heavy atom. The average Bonchev–Trinajstić information content (AvgIpc) is 2.38. The molecule has 2 rings (SSSR count). The molecule has 19 heavy (non-hydrogen) atoms. The lowest BCUT2D eigenvalue weighted by Crippen LogP contribution is -2.01. The van der Waals surface area contributed by atoms with Crippen LogP contribution in [0.2, 0.25) is 0 Å². The minimum Gasteiger partial charge on any atom is -0.491 e. The molecular weight excluding hydrogens is 243 g/mol. The zero-order valence-corrected chi connectivity index (χ0v) is 11.0. The van der Waals surface area contributed by atoms with E-state index in [9.17, 15) is 4.39 Å². The molecule has 0 aliphatic heterocycles. The minimum atomic E-state index is -0.449. The Labute approximate surface area is 112 Å². The summed E-state index contributed by atoms with van der Waals surface area (Å²) < 4.78 is 18.8. The number of rotatable bonds is 4. The minimum absolute atomic E-state index is 0.202. The number of hydrogen-bond donors (Lipinski definition) is 2. The van der Waals surface area contributed by atoms with E-state index in [1.807, 2.05) is 38.1 Å². The predicted octanol–water partition coefficient (Wildman–Crippen LogP) is 3.86. The fourth-order valence-corrected chi connectivity index (χ4v) is 1.80. The molecule has 0 aromatic heterocycles. The van der Waals surface area contributed by atoms with Crippen molar-refractivity contribution in [3.8, 4) is 5.75 Å². The van der Waals surface area contributed by atoms with Crippen LogP contribution in [0.25, 0.3) is 0 Å². The maximum Gasteiger partial charge on any atom is 0.167 e. The molecule has 0 spiro atoms. The lowest BCUT2D eigenvalue weighted by atomic mass is 10.2. The molecule has 100 valence electrons. The molecule has 0 saturated carbocycles. The van der Waals surface area contributed by atoms with Crippen molar-refractivity contribution in [1.29, 1.82) is 0 Å². The van der Waals surface area contributed by atoms with Crippen LogP contribution < -0.4 is 15.8 Å². The zero-order valence-electron chi connectivity index (χ0n) is 11.0. The van der Waals surface area contributed by atoms with Crippen LogP contribution in [0.3, 0.4) is 0 Å². The first-order chi connectivity index (χ1) is 9.11. The number of ether oxygens (including phenoxy) is 1. The van der Waals surface area contributed by atoms with E-state index in [0.717, 1.165) is 11.3 Å². The summed E-state index contributed by atoms with van der Waals surface area (Å²) in [6.07, 6.45) is 0. The van der Waals surface area contributed by atoms with Crippen molar-refractivity contribution >= 4 is 17.1 Å². The molecule has 0 fully saturated rings. The van der Waals surface area contributed by atoms with E-state index in [0.29, 0.717) is 18.0 Å². The summed E-state index contributed by atoms with van der Waals surface area (Å²) in [5, 5.41) is 3.19. The van der Waals surface area contributed by atoms with Crippen LogP contribution in [0.5, 0.6) is 5.75 Å². The van der Waals surface area contributed by atoms with Gasteiger partial charge in [0, 0.05) is 17.8 Å². The summed E-state index contributed by atoms with van der Waals surface area (Å²) in [6, 6.07) is 10.7. The Kier molecular flexibility index (Phi) is 3.90. The Morgan fingerprint density at radius 1 is 1.21 bits per heavy atom. The Bertz CT molecular complexity index is 584. The van der Waals surface area contributed by atoms with Gasteiger partial charge in [-0.25, -0.2) is 4.39 Å². The first kappa shape index (κ1) is 13.2. The number of anilines is 3. The summed E-state index contributed by atoms with van der Waals surface area (Å²) in [5.74, 6) is -0.248. The highest BCUT2D eigenvalue weighted by Gasteiger charge is 2.09. The summed E-state index contributed by atoms with van der Waals surface area (Å²) in [7, 11) is 0. The normalized spacial score (nSPS) is 10.3. The molecule has 0 aliphatic carbocycles. The first-order valence-corrected chi connectivity index (χ1v) is 6.16. The van der Waals surface area contributed by atoms with E-state index in [1.165, 1.54) is 6.07 Å². The van der Waals surface area contributed by atoms with E-state index in [2.05, 4.69) is 5.32 Å². The van der Waals surface area contributed by atoms with E-state index in [-0.39, 0.29) is 5.75 Å². The van der Waals surface area contributed by atoms with Gasteiger partial charge in [0.25, 0.3) is 0 Å². The number of nitrogen functional groups attached to an aromatic ring is 1. The number of hydrogen-bond acceptors (Lipinski definition) is 3. The largest absolute Gasteiger partial charge is 0.491 e. The molecule has 0 amide bonds. The standard InChI is InChI=1S/C15H17FN2O/c1-3-19-15-9-14(12(17)8-11(15)16)18-13-7-5-4-6-10(13)2/h4-9,18H,3,17H2,1-2H3. The second-order valence-electron chi connectivity index (χ2n) is 4.24. The third-order valence-electron chi connectivity index (χ3n) is 2.82. The topological polar surface area (TPSA) is 47.3 Å². The van der Waals surface area contributed by atoms with E-state index < -0.39 is 5.82 Å². The molecule has 2 aromatic carbocycles. The van der Waals surface area contributed by atoms with Gasteiger partial charge in [-0.3, -0.25) is 0 Å². The van der Waals surface area contributed by atoms with Gasteiger partial charge >= 0.3 is 0 Å². The molecule has 0 radical (unpaired) electrons. The number of para-hydroxylation sites is 1. The molecule has 0 atom stereocenters. The fourth-order valence-electron chi connectivity index (χ4n) is 1.80. The van der Waals surface area contributed by atoms with Gasteiger partial charge in [-0.1, -0.05) is 18.2 Å². The van der Waals surface area contributed by atoms with Gasteiger partial charge in [-0.2, -0.15) is 0 Å². The van der Waals surface area contributed by atoms with Crippen molar-refractivity contribution in [3.05, 3.63) is 47.8 Å². The second-order valence-corrected chi connectivity index (χ2v) is 4.24. The monoisotopic (exact) mass is 260 g/mol. The number of nitrogens with one attached hydrogen (secondary N) is 1. The third-order valence-corrected chi connectivity index (χ3v) is 2.82. The van der Waals surface area contributed by atoms with Crippen LogP contribution in [0.15, 0.2) is 36.4 Å². The molecular formula is C15H17FN2O. The SMILES string of the molecule is CCOc1cc(Nc2ccccc2C)c(N)cc1F. The van der Waals surface area contributed by atoms with Gasteiger partial charge in [0.1, 0.15) is 0 Å². The lowest BCUT2D eigenvalue weighted by Gasteiger charge is -2.14. The third kappa shape index (κ3) is 2.96.